The van der Waals surface area contributed by atoms with Crippen LogP contribution in [0, 0.1) is 0 Å². The number of rotatable bonds is 9. The van der Waals surface area contributed by atoms with E-state index >= 15 is 0 Å². The Balaban J connectivity index is 1.89. The average Bonchev–Trinajstić information content (AvgIpc) is 2.79. The van der Waals surface area contributed by atoms with Crippen molar-refractivity contribution in [3.8, 4) is 0 Å². The normalized spacial score (nSPS) is 11.1. The summed E-state index contributed by atoms with van der Waals surface area (Å²) < 4.78 is 0. The first-order valence-corrected chi connectivity index (χ1v) is 6.94. The second-order valence-electron chi connectivity index (χ2n) is 4.01. The van der Waals surface area contributed by atoms with Crippen molar-refractivity contribution in [1.29, 1.82) is 0 Å². The van der Waals surface area contributed by atoms with Crippen molar-refractivity contribution in [2.24, 2.45) is 0 Å². The number of aliphatic carboxylic acids is 1. The molecule has 94 valence electrons. The highest BCUT2D eigenvalue weighted by molar-refractivity contribution is 7.10. The minimum atomic E-state index is -0.683. The first-order chi connectivity index (χ1) is 8.29. The SMILES string of the molecule is O=C(O)CCCCCCC/C=C/c1cncs1. The lowest BCUT2D eigenvalue weighted by atomic mass is 10.1. The zero-order chi connectivity index (χ0) is 12.3. The highest BCUT2D eigenvalue weighted by atomic mass is 32.1. The molecule has 3 nitrogen and oxygen atoms in total. The number of carbonyl (C=O) groups is 1. The number of hydrogen-bond donors (Lipinski definition) is 1. The van der Waals surface area contributed by atoms with E-state index in [4.69, 9.17) is 5.11 Å². The van der Waals surface area contributed by atoms with Crippen LogP contribution in [0.15, 0.2) is 17.8 Å². The summed E-state index contributed by atoms with van der Waals surface area (Å²) in [5.41, 5.74) is 1.84. The summed E-state index contributed by atoms with van der Waals surface area (Å²) in [5, 5.41) is 8.46. The van der Waals surface area contributed by atoms with Crippen molar-refractivity contribution < 1.29 is 9.90 Å². The minimum absolute atomic E-state index is 0.311. The summed E-state index contributed by atoms with van der Waals surface area (Å²) in [5.74, 6) is -0.683. The van der Waals surface area contributed by atoms with Crippen molar-refractivity contribution in [3.05, 3.63) is 22.7 Å². The van der Waals surface area contributed by atoms with Gasteiger partial charge >= 0.3 is 5.97 Å². The highest BCUT2D eigenvalue weighted by Crippen LogP contribution is 2.11. The molecule has 17 heavy (non-hydrogen) atoms. The van der Waals surface area contributed by atoms with Crippen LogP contribution < -0.4 is 0 Å². The second-order valence-corrected chi connectivity index (χ2v) is 4.92. The van der Waals surface area contributed by atoms with Gasteiger partial charge in [0.1, 0.15) is 0 Å². The quantitative estimate of drug-likeness (QED) is 0.677. The first-order valence-electron chi connectivity index (χ1n) is 6.06. The standard InChI is InChI=1S/C13H19NO2S/c15-13(16)9-7-5-3-1-2-4-6-8-12-10-14-11-17-12/h6,8,10-11H,1-5,7,9H2,(H,15,16)/b8-6+. The van der Waals surface area contributed by atoms with E-state index in [9.17, 15) is 4.79 Å². The Bertz CT molecular complexity index is 333. The maximum atomic E-state index is 10.3. The number of carboxylic acid groups (broad SMARTS) is 1. The van der Waals surface area contributed by atoms with E-state index in [1.807, 2.05) is 11.7 Å². The van der Waals surface area contributed by atoms with E-state index in [2.05, 4.69) is 17.1 Å². The minimum Gasteiger partial charge on any atom is -0.481 e. The fraction of sp³-hybridized carbons (Fsp3) is 0.538. The molecule has 0 saturated heterocycles. The highest BCUT2D eigenvalue weighted by Gasteiger charge is 1.95. The van der Waals surface area contributed by atoms with Gasteiger partial charge in [-0.25, -0.2) is 0 Å². The van der Waals surface area contributed by atoms with E-state index in [0.717, 1.165) is 25.7 Å². The average molecular weight is 253 g/mol. The van der Waals surface area contributed by atoms with Crippen LogP contribution in [0.1, 0.15) is 49.8 Å². The largest absolute Gasteiger partial charge is 0.481 e. The lowest BCUT2D eigenvalue weighted by Crippen LogP contribution is -1.93. The maximum absolute atomic E-state index is 10.3. The van der Waals surface area contributed by atoms with Gasteiger partial charge in [0.05, 0.1) is 5.51 Å². The summed E-state index contributed by atoms with van der Waals surface area (Å²) in [6, 6.07) is 0. The molecule has 0 aliphatic carbocycles. The van der Waals surface area contributed by atoms with E-state index in [1.54, 1.807) is 11.3 Å². The lowest BCUT2D eigenvalue weighted by Gasteiger charge is -1.97. The monoisotopic (exact) mass is 253 g/mol. The van der Waals surface area contributed by atoms with Gasteiger partial charge in [0.25, 0.3) is 0 Å². The van der Waals surface area contributed by atoms with Gasteiger partial charge in [-0.2, -0.15) is 0 Å². The van der Waals surface area contributed by atoms with Gasteiger partial charge in [-0.3, -0.25) is 9.78 Å². The Morgan fingerprint density at radius 3 is 2.76 bits per heavy atom. The zero-order valence-corrected chi connectivity index (χ0v) is 10.8. The third-order valence-electron chi connectivity index (χ3n) is 2.49. The number of carboxylic acids is 1. The first kappa shape index (κ1) is 13.9. The smallest absolute Gasteiger partial charge is 0.303 e. The van der Waals surface area contributed by atoms with Gasteiger partial charge in [-0.15, -0.1) is 11.3 Å². The molecule has 0 atom stereocenters. The number of thiazole rings is 1. The number of nitrogens with zero attached hydrogens (tertiary/aromatic N) is 1. The lowest BCUT2D eigenvalue weighted by molar-refractivity contribution is -0.137. The number of unbranched alkanes of at least 4 members (excludes halogenated alkanes) is 5. The van der Waals surface area contributed by atoms with Crippen LogP contribution in [0.2, 0.25) is 0 Å². The molecular weight excluding hydrogens is 234 g/mol. The molecule has 1 aromatic rings. The number of hydrogen-bond acceptors (Lipinski definition) is 3. The molecule has 0 unspecified atom stereocenters. The maximum Gasteiger partial charge on any atom is 0.303 e. The Hall–Kier alpha value is -1.16. The molecule has 0 fully saturated rings. The Kier molecular flexibility index (Phi) is 7.30. The van der Waals surface area contributed by atoms with E-state index in [0.29, 0.717) is 6.42 Å². The molecule has 0 aromatic carbocycles. The Labute approximate surface area is 106 Å². The van der Waals surface area contributed by atoms with E-state index < -0.39 is 5.97 Å². The van der Waals surface area contributed by atoms with Crippen molar-refractivity contribution in [3.63, 3.8) is 0 Å². The third-order valence-corrected chi connectivity index (χ3v) is 3.24. The number of aromatic nitrogens is 1. The molecule has 1 heterocycles. The number of allylic oxidation sites excluding steroid dienone is 1. The van der Waals surface area contributed by atoms with Crippen LogP contribution >= 0.6 is 11.3 Å². The summed E-state index contributed by atoms with van der Waals surface area (Å²) in [6.45, 7) is 0. The molecule has 0 bridgehead atoms. The van der Waals surface area contributed by atoms with Gasteiger partial charge < -0.3 is 5.11 Å². The molecule has 0 aliphatic heterocycles. The predicted octanol–water partition coefficient (Wildman–Crippen LogP) is 3.97. The van der Waals surface area contributed by atoms with Crippen molar-refractivity contribution >= 4 is 23.4 Å². The summed E-state index contributed by atoms with van der Waals surface area (Å²) in [7, 11) is 0. The molecule has 1 rings (SSSR count). The van der Waals surface area contributed by atoms with Gasteiger partial charge in [0, 0.05) is 17.5 Å². The van der Waals surface area contributed by atoms with Gasteiger partial charge in [-0.05, 0) is 25.3 Å². The van der Waals surface area contributed by atoms with Crippen LogP contribution in [0.3, 0.4) is 0 Å². The molecule has 0 spiro atoms. The Morgan fingerprint density at radius 2 is 2.06 bits per heavy atom. The third kappa shape index (κ3) is 7.69. The molecule has 0 aliphatic rings. The van der Waals surface area contributed by atoms with Crippen molar-refractivity contribution in [1.82, 2.24) is 4.98 Å². The topological polar surface area (TPSA) is 50.2 Å². The molecule has 1 aromatic heterocycles. The van der Waals surface area contributed by atoms with Crippen LogP contribution in [-0.4, -0.2) is 16.1 Å². The van der Waals surface area contributed by atoms with E-state index in [1.165, 1.54) is 17.7 Å². The molecular formula is C13H19NO2S. The Morgan fingerprint density at radius 1 is 1.29 bits per heavy atom. The van der Waals surface area contributed by atoms with E-state index in [-0.39, 0.29) is 0 Å². The van der Waals surface area contributed by atoms with Crippen LogP contribution in [0.25, 0.3) is 6.08 Å². The second kappa shape index (κ2) is 8.93. The summed E-state index contributed by atoms with van der Waals surface area (Å²) in [4.78, 5) is 15.5. The van der Waals surface area contributed by atoms with Gasteiger partial charge in [-0.1, -0.05) is 25.3 Å². The molecule has 1 N–H and O–H groups in total. The fourth-order valence-electron chi connectivity index (χ4n) is 1.58. The molecule has 0 saturated carbocycles. The van der Waals surface area contributed by atoms with Gasteiger partial charge in [0.2, 0.25) is 0 Å². The van der Waals surface area contributed by atoms with Crippen LogP contribution in [0.4, 0.5) is 0 Å². The van der Waals surface area contributed by atoms with Crippen molar-refractivity contribution in [2.45, 2.75) is 44.9 Å². The summed E-state index contributed by atoms with van der Waals surface area (Å²) in [6.07, 6.45) is 12.9. The van der Waals surface area contributed by atoms with Crippen LogP contribution in [0.5, 0.6) is 0 Å². The fourth-order valence-corrected chi connectivity index (χ4v) is 2.12. The molecule has 0 radical (unpaired) electrons. The van der Waals surface area contributed by atoms with Gasteiger partial charge in [0.15, 0.2) is 0 Å². The van der Waals surface area contributed by atoms with Crippen LogP contribution in [-0.2, 0) is 4.79 Å². The zero-order valence-electron chi connectivity index (χ0n) is 9.97. The summed E-state index contributed by atoms with van der Waals surface area (Å²) >= 11 is 1.65. The molecule has 0 amide bonds. The van der Waals surface area contributed by atoms with Crippen molar-refractivity contribution in [2.75, 3.05) is 0 Å². The molecule has 4 heteroatoms. The predicted molar refractivity (Wildman–Crippen MR) is 71.1 cm³/mol.